The zero-order chi connectivity index (χ0) is 27.6. The molecule has 9 heteroatoms. The summed E-state index contributed by atoms with van der Waals surface area (Å²) < 4.78 is 7.68. The topological polar surface area (TPSA) is 79.7 Å². The van der Waals surface area contributed by atoms with Gasteiger partial charge in [0.15, 0.2) is 0 Å². The highest BCUT2D eigenvalue weighted by atomic mass is 28.3. The lowest BCUT2D eigenvalue weighted by atomic mass is 9.83. The number of aromatic nitrogens is 2. The monoisotopic (exact) mass is 553 g/mol. The summed E-state index contributed by atoms with van der Waals surface area (Å²) in [7, 11) is 0.721. The van der Waals surface area contributed by atoms with Gasteiger partial charge < -0.3 is 15.0 Å². The minimum absolute atomic E-state index is 0.0428. The third-order valence-corrected chi connectivity index (χ3v) is 10.7. The molecule has 1 atom stereocenters. The van der Waals surface area contributed by atoms with Crippen molar-refractivity contribution in [3.05, 3.63) is 23.9 Å². The number of carbonyl (C=O) groups excluding carboxylic acids is 2. The number of fused-ring (bicyclic) bond motifs is 1. The molecule has 39 heavy (non-hydrogen) atoms. The average molecular weight is 554 g/mol. The Kier molecular flexibility index (Phi) is 8.78. The van der Waals surface area contributed by atoms with Crippen LogP contribution in [0.4, 0.5) is 5.69 Å². The van der Waals surface area contributed by atoms with Gasteiger partial charge in [0.05, 0.1) is 17.1 Å². The van der Waals surface area contributed by atoms with Gasteiger partial charge in [-0.15, -0.1) is 0 Å². The second-order valence-electron chi connectivity index (χ2n) is 13.2. The number of benzene rings is 1. The van der Waals surface area contributed by atoms with Crippen LogP contribution in [0, 0.1) is 11.8 Å². The minimum Gasteiger partial charge on any atom is -0.371 e. The van der Waals surface area contributed by atoms with E-state index in [1.807, 2.05) is 11.7 Å². The lowest BCUT2D eigenvalue weighted by Crippen LogP contribution is -2.45. The van der Waals surface area contributed by atoms with E-state index in [2.05, 4.69) is 48.1 Å². The zero-order valence-corrected chi connectivity index (χ0v) is 25.4. The van der Waals surface area contributed by atoms with Crippen LogP contribution in [0.2, 0.25) is 25.7 Å². The predicted octanol–water partition coefficient (Wildman–Crippen LogP) is 4.72. The summed E-state index contributed by atoms with van der Waals surface area (Å²) in [5, 5.41) is 9.31. The van der Waals surface area contributed by atoms with E-state index in [1.165, 1.54) is 55.8 Å². The average Bonchev–Trinajstić information content (AvgIpc) is 3.24. The minimum atomic E-state index is -1.23. The van der Waals surface area contributed by atoms with E-state index < -0.39 is 14.0 Å². The molecule has 0 spiro atoms. The molecule has 3 fully saturated rings. The summed E-state index contributed by atoms with van der Waals surface area (Å²) in [6.45, 7) is 12.1. The van der Waals surface area contributed by atoms with Crippen LogP contribution in [-0.2, 0) is 21.4 Å². The lowest BCUT2D eigenvalue weighted by molar-refractivity contribution is -0.155. The Bertz CT molecular complexity index is 1160. The van der Waals surface area contributed by atoms with Gasteiger partial charge in [0.1, 0.15) is 6.73 Å². The number of aryl methyl sites for hydroxylation is 1. The van der Waals surface area contributed by atoms with Gasteiger partial charge >= 0.3 is 0 Å². The highest BCUT2D eigenvalue weighted by molar-refractivity contribution is 6.76. The van der Waals surface area contributed by atoms with Crippen LogP contribution >= 0.6 is 0 Å². The van der Waals surface area contributed by atoms with Crippen molar-refractivity contribution in [2.75, 3.05) is 44.4 Å². The smallest absolute Gasteiger partial charge is 0.240 e. The third-order valence-electron chi connectivity index (χ3n) is 9.03. The van der Waals surface area contributed by atoms with Crippen LogP contribution in [0.25, 0.3) is 10.9 Å². The number of carbonyl (C=O) groups is 2. The molecule has 1 unspecified atom stereocenters. The van der Waals surface area contributed by atoms with E-state index in [9.17, 15) is 9.59 Å². The first-order valence-corrected chi connectivity index (χ1v) is 18.7. The number of piperidine rings is 3. The summed E-state index contributed by atoms with van der Waals surface area (Å²) >= 11 is 0. The molecule has 3 aliphatic rings. The third kappa shape index (κ3) is 6.74. The molecule has 1 aromatic carbocycles. The standard InChI is InChI=1S/C30H47N5O3Si/c1-33-27-20-24(34-15-11-23(12-16-34)19-22-9-13-31-14-10-22)5-6-25(27)29(32-33)26-7-8-28(36)35(30(26)37)21-38-17-18-39(2,3)4/h5-6,20,22-23,26,31H,7-19,21H2,1-4H3. The van der Waals surface area contributed by atoms with Gasteiger partial charge in [-0.3, -0.25) is 19.2 Å². The molecule has 0 bridgehead atoms. The molecule has 0 aliphatic carbocycles. The maximum Gasteiger partial charge on any atom is 0.240 e. The molecule has 8 nitrogen and oxygen atoms in total. The summed E-state index contributed by atoms with van der Waals surface area (Å²) in [6, 6.07) is 7.56. The molecule has 3 aliphatic heterocycles. The van der Waals surface area contributed by atoms with Crippen molar-refractivity contribution in [2.24, 2.45) is 18.9 Å². The van der Waals surface area contributed by atoms with Gasteiger partial charge in [-0.25, -0.2) is 0 Å². The quantitative estimate of drug-likeness (QED) is 0.275. The molecule has 3 saturated heterocycles. The number of likely N-dealkylation sites (tertiary alicyclic amines) is 1. The van der Waals surface area contributed by atoms with E-state index in [0.29, 0.717) is 19.4 Å². The molecule has 0 radical (unpaired) electrons. The molecule has 214 valence electrons. The van der Waals surface area contributed by atoms with Gasteiger partial charge in [-0.2, -0.15) is 5.10 Å². The van der Waals surface area contributed by atoms with Gasteiger partial charge in [0.2, 0.25) is 11.8 Å². The number of amides is 2. The fourth-order valence-electron chi connectivity index (χ4n) is 6.50. The van der Waals surface area contributed by atoms with E-state index in [4.69, 9.17) is 9.84 Å². The summed E-state index contributed by atoms with van der Waals surface area (Å²) in [5.74, 6) is 1.01. The van der Waals surface area contributed by atoms with Gasteiger partial charge in [0, 0.05) is 52.3 Å². The molecule has 2 amide bonds. The number of hydrogen-bond donors (Lipinski definition) is 1. The van der Waals surface area contributed by atoms with Crippen molar-refractivity contribution in [3.8, 4) is 0 Å². The van der Waals surface area contributed by atoms with Crippen LogP contribution in [0.5, 0.6) is 0 Å². The number of ether oxygens (including phenoxy) is 1. The Balaban J connectivity index is 1.23. The highest BCUT2D eigenvalue weighted by Crippen LogP contribution is 2.36. The maximum absolute atomic E-state index is 13.4. The molecule has 0 saturated carbocycles. The first-order chi connectivity index (χ1) is 18.7. The first kappa shape index (κ1) is 28.3. The van der Waals surface area contributed by atoms with E-state index >= 15 is 0 Å². The van der Waals surface area contributed by atoms with Crippen LogP contribution < -0.4 is 10.2 Å². The van der Waals surface area contributed by atoms with Crippen molar-refractivity contribution in [1.82, 2.24) is 20.0 Å². The molecule has 1 N–H and O–H groups in total. The van der Waals surface area contributed by atoms with E-state index in [-0.39, 0.29) is 18.5 Å². The number of rotatable bonds is 9. The maximum atomic E-state index is 13.4. The molecule has 1 aromatic heterocycles. The van der Waals surface area contributed by atoms with Crippen molar-refractivity contribution in [1.29, 1.82) is 0 Å². The van der Waals surface area contributed by atoms with Gasteiger partial charge in [0.25, 0.3) is 0 Å². The van der Waals surface area contributed by atoms with Crippen molar-refractivity contribution in [3.63, 3.8) is 0 Å². The number of nitrogens with one attached hydrogen (secondary N) is 1. The molecular weight excluding hydrogens is 506 g/mol. The highest BCUT2D eigenvalue weighted by Gasteiger charge is 2.38. The fraction of sp³-hybridized carbons (Fsp3) is 0.700. The molecule has 5 rings (SSSR count). The van der Waals surface area contributed by atoms with Gasteiger partial charge in [-0.1, -0.05) is 19.6 Å². The normalized spacial score (nSPS) is 22.3. The predicted molar refractivity (Wildman–Crippen MR) is 159 cm³/mol. The summed E-state index contributed by atoms with van der Waals surface area (Å²) in [6.07, 6.45) is 7.43. The van der Waals surface area contributed by atoms with Crippen LogP contribution in [0.15, 0.2) is 18.2 Å². The second kappa shape index (κ2) is 12.1. The Morgan fingerprint density at radius 2 is 1.74 bits per heavy atom. The Morgan fingerprint density at radius 3 is 2.46 bits per heavy atom. The fourth-order valence-corrected chi connectivity index (χ4v) is 7.26. The molecular formula is C30H47N5O3Si. The van der Waals surface area contributed by atoms with Crippen LogP contribution in [0.1, 0.15) is 56.6 Å². The number of hydrogen-bond acceptors (Lipinski definition) is 6. The number of nitrogens with zero attached hydrogens (tertiary/aromatic N) is 4. The summed E-state index contributed by atoms with van der Waals surface area (Å²) in [4.78, 5) is 29.9. The number of imide groups is 1. The first-order valence-electron chi connectivity index (χ1n) is 15.0. The Labute approximate surface area is 234 Å². The van der Waals surface area contributed by atoms with Crippen LogP contribution in [-0.4, -0.2) is 74.1 Å². The zero-order valence-electron chi connectivity index (χ0n) is 24.4. The van der Waals surface area contributed by atoms with E-state index in [0.717, 1.165) is 47.6 Å². The van der Waals surface area contributed by atoms with Gasteiger partial charge in [-0.05, 0) is 87.7 Å². The second-order valence-corrected chi connectivity index (χ2v) is 18.8. The van der Waals surface area contributed by atoms with E-state index in [1.54, 1.807) is 0 Å². The lowest BCUT2D eigenvalue weighted by Gasteiger charge is -2.36. The summed E-state index contributed by atoms with van der Waals surface area (Å²) in [5.41, 5.74) is 3.06. The Hall–Kier alpha value is -2.23. The SMILES string of the molecule is Cn1nc(C2CCC(=O)N(COCC[Si](C)(C)C)C2=O)c2ccc(N3CCC(CC4CCNCC4)CC3)cc21. The largest absolute Gasteiger partial charge is 0.371 e. The van der Waals surface area contributed by atoms with Crippen LogP contribution in [0.3, 0.4) is 0 Å². The van der Waals surface area contributed by atoms with Crippen molar-refractivity contribution in [2.45, 2.75) is 76.5 Å². The number of anilines is 1. The van der Waals surface area contributed by atoms with Crippen molar-refractivity contribution >= 4 is 36.5 Å². The Morgan fingerprint density at radius 1 is 1.03 bits per heavy atom. The molecule has 4 heterocycles. The van der Waals surface area contributed by atoms with Crippen molar-refractivity contribution < 1.29 is 14.3 Å². The molecule has 2 aromatic rings.